The lowest BCUT2D eigenvalue weighted by atomic mass is 9.98. The predicted molar refractivity (Wildman–Crippen MR) is 57.6 cm³/mol. The number of rotatable bonds is 1. The van der Waals surface area contributed by atoms with Crippen molar-refractivity contribution in [1.29, 1.82) is 0 Å². The van der Waals surface area contributed by atoms with Gasteiger partial charge in [0.25, 0.3) is 0 Å². The third-order valence-electron chi connectivity index (χ3n) is 2.20. The minimum atomic E-state index is -0.537. The minimum Gasteiger partial charge on any atom is -0.393 e. The van der Waals surface area contributed by atoms with Gasteiger partial charge in [-0.2, -0.15) is 0 Å². The highest BCUT2D eigenvalue weighted by Gasteiger charge is 2.35. The summed E-state index contributed by atoms with van der Waals surface area (Å²) in [7, 11) is 0. The maximum absolute atomic E-state index is 11.3. The molecule has 1 aromatic rings. The highest BCUT2D eigenvalue weighted by atomic mass is 79.9. The standard InChI is InChI=1S/C10H6BrClO3/c11-8-2-1-5(12)3-6(8)7-4-9(13)15-10(7)14/h1-3,7H,4H2. The Morgan fingerprint density at radius 1 is 1.40 bits per heavy atom. The van der Waals surface area contributed by atoms with E-state index in [9.17, 15) is 9.59 Å². The Kier molecular flexibility index (Phi) is 2.80. The topological polar surface area (TPSA) is 43.4 Å². The summed E-state index contributed by atoms with van der Waals surface area (Å²) in [5, 5.41) is 0.528. The van der Waals surface area contributed by atoms with Crippen molar-refractivity contribution in [3.8, 4) is 0 Å². The first-order valence-electron chi connectivity index (χ1n) is 4.27. The monoisotopic (exact) mass is 288 g/mol. The Hall–Kier alpha value is -0.870. The van der Waals surface area contributed by atoms with Crippen LogP contribution in [0.4, 0.5) is 0 Å². The average molecular weight is 290 g/mol. The number of cyclic esters (lactones) is 2. The van der Waals surface area contributed by atoms with Crippen molar-refractivity contribution in [3.63, 3.8) is 0 Å². The van der Waals surface area contributed by atoms with Gasteiger partial charge in [0.15, 0.2) is 0 Å². The van der Waals surface area contributed by atoms with Gasteiger partial charge in [-0.25, -0.2) is 0 Å². The molecular formula is C10H6BrClO3. The van der Waals surface area contributed by atoms with Gasteiger partial charge in [0.05, 0.1) is 12.3 Å². The van der Waals surface area contributed by atoms with Crippen LogP contribution in [-0.2, 0) is 14.3 Å². The lowest BCUT2D eigenvalue weighted by molar-refractivity contribution is -0.152. The van der Waals surface area contributed by atoms with Gasteiger partial charge in [-0.15, -0.1) is 0 Å². The number of hydrogen-bond donors (Lipinski definition) is 0. The molecule has 3 nitrogen and oxygen atoms in total. The van der Waals surface area contributed by atoms with Crippen molar-refractivity contribution >= 4 is 39.5 Å². The van der Waals surface area contributed by atoms with Crippen LogP contribution in [0.1, 0.15) is 17.9 Å². The molecule has 0 aromatic heterocycles. The van der Waals surface area contributed by atoms with Crippen molar-refractivity contribution < 1.29 is 14.3 Å². The van der Waals surface area contributed by atoms with E-state index in [4.69, 9.17) is 11.6 Å². The molecule has 5 heteroatoms. The van der Waals surface area contributed by atoms with E-state index < -0.39 is 17.9 Å². The third kappa shape index (κ3) is 2.06. The highest BCUT2D eigenvalue weighted by molar-refractivity contribution is 9.10. The summed E-state index contributed by atoms with van der Waals surface area (Å²) in [5.74, 6) is -1.54. The van der Waals surface area contributed by atoms with Crippen LogP contribution >= 0.6 is 27.5 Å². The summed E-state index contributed by atoms with van der Waals surface area (Å²) in [6.07, 6.45) is 0.0811. The van der Waals surface area contributed by atoms with E-state index in [2.05, 4.69) is 20.7 Å². The van der Waals surface area contributed by atoms with Crippen LogP contribution in [-0.4, -0.2) is 11.9 Å². The average Bonchev–Trinajstić information content (AvgIpc) is 2.50. The maximum Gasteiger partial charge on any atom is 0.321 e. The van der Waals surface area contributed by atoms with Crippen LogP contribution in [0.3, 0.4) is 0 Å². The lowest BCUT2D eigenvalue weighted by Crippen LogP contribution is -2.06. The Labute approximate surface area is 99.5 Å². The zero-order valence-corrected chi connectivity index (χ0v) is 9.84. The molecule has 1 heterocycles. The number of hydrogen-bond acceptors (Lipinski definition) is 3. The molecule has 0 bridgehead atoms. The smallest absolute Gasteiger partial charge is 0.321 e. The van der Waals surface area contributed by atoms with Gasteiger partial charge in [-0.3, -0.25) is 9.59 Å². The van der Waals surface area contributed by atoms with Crippen LogP contribution in [0.25, 0.3) is 0 Å². The summed E-state index contributed by atoms with van der Waals surface area (Å²) in [5.41, 5.74) is 0.693. The van der Waals surface area contributed by atoms with Crippen molar-refractivity contribution in [2.24, 2.45) is 0 Å². The summed E-state index contributed by atoms with van der Waals surface area (Å²) in [6.45, 7) is 0. The van der Waals surface area contributed by atoms with Gasteiger partial charge in [-0.05, 0) is 23.8 Å². The zero-order valence-electron chi connectivity index (χ0n) is 7.50. The van der Waals surface area contributed by atoms with Crippen LogP contribution in [0.5, 0.6) is 0 Å². The Balaban J connectivity index is 2.41. The molecule has 1 aliphatic heterocycles. The first kappa shape index (κ1) is 10.6. The summed E-state index contributed by atoms with van der Waals surface area (Å²) >= 11 is 9.13. The van der Waals surface area contributed by atoms with Crippen molar-refractivity contribution in [2.45, 2.75) is 12.3 Å². The highest BCUT2D eigenvalue weighted by Crippen LogP contribution is 2.34. The van der Waals surface area contributed by atoms with Crippen molar-refractivity contribution in [1.82, 2.24) is 0 Å². The number of esters is 2. The SMILES string of the molecule is O=C1CC(c2cc(Cl)ccc2Br)C(=O)O1. The Bertz CT molecular complexity index is 444. The molecule has 0 N–H and O–H groups in total. The fourth-order valence-corrected chi connectivity index (χ4v) is 2.20. The van der Waals surface area contributed by atoms with E-state index in [1.165, 1.54) is 0 Å². The fraction of sp³-hybridized carbons (Fsp3) is 0.200. The summed E-state index contributed by atoms with van der Waals surface area (Å²) in [4.78, 5) is 22.3. The van der Waals surface area contributed by atoms with Crippen LogP contribution in [0.2, 0.25) is 5.02 Å². The molecule has 0 amide bonds. The lowest BCUT2D eigenvalue weighted by Gasteiger charge is -2.07. The largest absolute Gasteiger partial charge is 0.393 e. The van der Waals surface area contributed by atoms with Crippen LogP contribution in [0.15, 0.2) is 22.7 Å². The van der Waals surface area contributed by atoms with Crippen molar-refractivity contribution in [3.05, 3.63) is 33.3 Å². The molecule has 2 rings (SSSR count). The molecule has 1 atom stereocenters. The number of carbonyl (C=O) groups excluding carboxylic acids is 2. The maximum atomic E-state index is 11.3. The van der Waals surface area contributed by atoms with E-state index in [0.717, 1.165) is 4.47 Å². The quantitative estimate of drug-likeness (QED) is 0.590. The third-order valence-corrected chi connectivity index (χ3v) is 3.16. The molecule has 15 heavy (non-hydrogen) atoms. The Morgan fingerprint density at radius 2 is 2.13 bits per heavy atom. The second-order valence-corrected chi connectivity index (χ2v) is 4.51. The van der Waals surface area contributed by atoms with E-state index in [0.29, 0.717) is 10.6 Å². The molecule has 78 valence electrons. The fourth-order valence-electron chi connectivity index (χ4n) is 1.49. The van der Waals surface area contributed by atoms with E-state index >= 15 is 0 Å². The zero-order chi connectivity index (χ0) is 11.0. The predicted octanol–water partition coefficient (Wildman–Crippen LogP) is 2.66. The van der Waals surface area contributed by atoms with Crippen molar-refractivity contribution in [2.75, 3.05) is 0 Å². The molecule has 0 radical (unpaired) electrons. The molecule has 1 unspecified atom stereocenters. The van der Waals surface area contributed by atoms with Gasteiger partial charge >= 0.3 is 11.9 Å². The molecule has 0 aliphatic carbocycles. The van der Waals surface area contributed by atoms with Gasteiger partial charge in [0.1, 0.15) is 0 Å². The molecular weight excluding hydrogens is 283 g/mol. The molecule has 0 spiro atoms. The molecule has 0 saturated carbocycles. The number of carbonyl (C=O) groups is 2. The van der Waals surface area contributed by atoms with Crippen LogP contribution < -0.4 is 0 Å². The van der Waals surface area contributed by atoms with Crippen LogP contribution in [0, 0.1) is 0 Å². The summed E-state index contributed by atoms with van der Waals surface area (Å²) in [6, 6.07) is 5.11. The molecule has 1 fully saturated rings. The van der Waals surface area contributed by atoms with Gasteiger partial charge in [0.2, 0.25) is 0 Å². The molecule has 1 saturated heterocycles. The second kappa shape index (κ2) is 3.94. The molecule has 1 aliphatic rings. The van der Waals surface area contributed by atoms with E-state index in [1.807, 2.05) is 0 Å². The van der Waals surface area contributed by atoms with Gasteiger partial charge in [0, 0.05) is 9.50 Å². The van der Waals surface area contributed by atoms with Gasteiger partial charge in [-0.1, -0.05) is 27.5 Å². The number of halogens is 2. The molecule has 1 aromatic carbocycles. The normalized spacial score (nSPS) is 20.5. The van der Waals surface area contributed by atoms with Gasteiger partial charge < -0.3 is 4.74 Å². The minimum absolute atomic E-state index is 0.0811. The first-order valence-corrected chi connectivity index (χ1v) is 5.44. The second-order valence-electron chi connectivity index (χ2n) is 3.22. The summed E-state index contributed by atoms with van der Waals surface area (Å²) < 4.78 is 5.23. The first-order chi connectivity index (χ1) is 7.08. The number of benzene rings is 1. The van der Waals surface area contributed by atoms with E-state index in [1.54, 1.807) is 18.2 Å². The van der Waals surface area contributed by atoms with E-state index in [-0.39, 0.29) is 6.42 Å². The number of ether oxygens (including phenoxy) is 1. The Morgan fingerprint density at radius 3 is 2.73 bits per heavy atom.